The van der Waals surface area contributed by atoms with Crippen molar-refractivity contribution in [3.8, 4) is 0 Å². The van der Waals surface area contributed by atoms with Crippen LogP contribution in [0.2, 0.25) is 5.15 Å². The van der Waals surface area contributed by atoms with E-state index in [0.29, 0.717) is 17.0 Å². The summed E-state index contributed by atoms with van der Waals surface area (Å²) in [7, 11) is 0. The molecule has 0 atom stereocenters. The van der Waals surface area contributed by atoms with E-state index >= 15 is 0 Å². The van der Waals surface area contributed by atoms with Crippen molar-refractivity contribution in [3.05, 3.63) is 29.7 Å². The first-order valence-electron chi connectivity index (χ1n) is 5.11. The van der Waals surface area contributed by atoms with E-state index < -0.39 is 0 Å². The zero-order valence-electron chi connectivity index (χ0n) is 8.47. The van der Waals surface area contributed by atoms with Crippen LogP contribution in [0.1, 0.15) is 12.8 Å². The maximum atomic E-state index is 5.92. The summed E-state index contributed by atoms with van der Waals surface area (Å²) in [6.07, 6.45) is 7.85. The summed E-state index contributed by atoms with van der Waals surface area (Å²) in [6.45, 7) is 0. The molecular weight excluding hydrogens is 226 g/mol. The van der Waals surface area contributed by atoms with Crippen LogP contribution in [0.4, 0.5) is 5.82 Å². The normalized spacial score (nSPS) is 16.1. The number of hydrogen-bond donors (Lipinski definition) is 1. The van der Waals surface area contributed by atoms with Gasteiger partial charge in [-0.15, -0.1) is 0 Å². The van der Waals surface area contributed by atoms with Crippen LogP contribution >= 0.6 is 11.6 Å². The molecule has 0 saturated carbocycles. The quantitative estimate of drug-likeness (QED) is 0.638. The molecule has 0 aliphatic heterocycles. The molecular formula is C10H10ClN5. The van der Waals surface area contributed by atoms with Gasteiger partial charge in [0.1, 0.15) is 17.3 Å². The van der Waals surface area contributed by atoms with Crippen molar-refractivity contribution in [2.75, 3.05) is 5.32 Å². The van der Waals surface area contributed by atoms with Gasteiger partial charge >= 0.3 is 0 Å². The highest BCUT2D eigenvalue weighted by Gasteiger charge is 2.13. The summed E-state index contributed by atoms with van der Waals surface area (Å²) >= 11 is 5.92. The molecule has 1 N–H and O–H groups in total. The Morgan fingerprint density at radius 2 is 2.19 bits per heavy atom. The Balaban J connectivity index is 1.97. The average molecular weight is 236 g/mol. The van der Waals surface area contributed by atoms with Crippen LogP contribution < -0.4 is 5.32 Å². The topological polar surface area (TPSA) is 55.1 Å². The summed E-state index contributed by atoms with van der Waals surface area (Å²) in [6, 6.07) is 2.17. The minimum Gasteiger partial charge on any atom is -0.366 e. The number of hydrogen-bond acceptors (Lipinski definition) is 4. The maximum Gasteiger partial charge on any atom is 0.255 e. The molecule has 16 heavy (non-hydrogen) atoms. The van der Waals surface area contributed by atoms with Gasteiger partial charge in [0.15, 0.2) is 0 Å². The average Bonchev–Trinajstić information content (AvgIpc) is 2.87. The van der Waals surface area contributed by atoms with E-state index in [1.54, 1.807) is 10.6 Å². The predicted molar refractivity (Wildman–Crippen MR) is 61.6 cm³/mol. The van der Waals surface area contributed by atoms with Crippen molar-refractivity contribution < 1.29 is 0 Å². The zero-order chi connectivity index (χ0) is 11.0. The maximum absolute atomic E-state index is 5.92. The SMILES string of the molecule is Clc1cc(NC2CC=CC2)n2ncnc2n1. The number of halogens is 1. The lowest BCUT2D eigenvalue weighted by Crippen LogP contribution is -2.17. The van der Waals surface area contributed by atoms with Gasteiger partial charge in [-0.25, -0.2) is 0 Å². The molecule has 1 aliphatic carbocycles. The fourth-order valence-electron chi connectivity index (χ4n) is 1.83. The van der Waals surface area contributed by atoms with Crippen LogP contribution in [0, 0.1) is 0 Å². The van der Waals surface area contributed by atoms with Crippen LogP contribution in [0.15, 0.2) is 24.5 Å². The largest absolute Gasteiger partial charge is 0.366 e. The summed E-state index contributed by atoms with van der Waals surface area (Å²) in [5, 5.41) is 7.91. The van der Waals surface area contributed by atoms with Gasteiger partial charge in [0.2, 0.25) is 0 Å². The third kappa shape index (κ3) is 1.63. The van der Waals surface area contributed by atoms with Gasteiger partial charge in [-0.05, 0) is 12.8 Å². The van der Waals surface area contributed by atoms with Crippen LogP contribution in [0.3, 0.4) is 0 Å². The van der Waals surface area contributed by atoms with Crippen LogP contribution in [-0.2, 0) is 0 Å². The number of fused-ring (bicyclic) bond motifs is 1. The molecule has 0 aromatic carbocycles. The number of rotatable bonds is 2. The lowest BCUT2D eigenvalue weighted by Gasteiger charge is -2.14. The van der Waals surface area contributed by atoms with Crippen LogP contribution in [0.25, 0.3) is 5.78 Å². The summed E-state index contributed by atoms with van der Waals surface area (Å²) in [4.78, 5) is 8.09. The number of nitrogens with zero attached hydrogens (tertiary/aromatic N) is 4. The number of anilines is 1. The van der Waals surface area contributed by atoms with Crippen LogP contribution in [-0.4, -0.2) is 25.6 Å². The molecule has 0 radical (unpaired) electrons. The van der Waals surface area contributed by atoms with E-state index in [1.807, 2.05) is 0 Å². The van der Waals surface area contributed by atoms with E-state index in [-0.39, 0.29) is 0 Å². The molecule has 0 saturated heterocycles. The molecule has 82 valence electrons. The first-order chi connectivity index (χ1) is 7.83. The van der Waals surface area contributed by atoms with Gasteiger partial charge in [-0.3, -0.25) is 0 Å². The Morgan fingerprint density at radius 3 is 3.00 bits per heavy atom. The Labute approximate surface area is 97.2 Å². The Morgan fingerprint density at radius 1 is 1.38 bits per heavy atom. The molecule has 1 aliphatic rings. The number of aromatic nitrogens is 4. The minimum absolute atomic E-state index is 0.408. The van der Waals surface area contributed by atoms with Crippen molar-refractivity contribution in [2.24, 2.45) is 0 Å². The van der Waals surface area contributed by atoms with Gasteiger partial charge in [0.25, 0.3) is 5.78 Å². The third-order valence-electron chi connectivity index (χ3n) is 2.58. The van der Waals surface area contributed by atoms with E-state index in [2.05, 4.69) is 32.5 Å². The summed E-state index contributed by atoms with van der Waals surface area (Å²) < 4.78 is 1.66. The predicted octanol–water partition coefficient (Wildman–Crippen LogP) is 1.91. The highest BCUT2D eigenvalue weighted by molar-refractivity contribution is 6.29. The second-order valence-corrected chi connectivity index (χ2v) is 4.11. The van der Waals surface area contributed by atoms with Crippen molar-refractivity contribution in [1.29, 1.82) is 0 Å². The fourth-order valence-corrected chi connectivity index (χ4v) is 2.01. The molecule has 2 aromatic heterocycles. The molecule has 3 rings (SSSR count). The highest BCUT2D eigenvalue weighted by atomic mass is 35.5. The summed E-state index contributed by atoms with van der Waals surface area (Å²) in [5.74, 6) is 1.35. The molecule has 0 amide bonds. The highest BCUT2D eigenvalue weighted by Crippen LogP contribution is 2.19. The second kappa shape index (κ2) is 3.75. The van der Waals surface area contributed by atoms with Gasteiger partial charge < -0.3 is 5.32 Å². The Bertz CT molecular complexity index is 539. The number of nitrogens with one attached hydrogen (secondary N) is 1. The lowest BCUT2D eigenvalue weighted by atomic mass is 10.2. The van der Waals surface area contributed by atoms with E-state index in [9.17, 15) is 0 Å². The molecule has 6 heteroatoms. The third-order valence-corrected chi connectivity index (χ3v) is 2.77. The monoisotopic (exact) mass is 235 g/mol. The van der Waals surface area contributed by atoms with Crippen molar-refractivity contribution in [2.45, 2.75) is 18.9 Å². The van der Waals surface area contributed by atoms with Crippen molar-refractivity contribution in [3.63, 3.8) is 0 Å². The minimum atomic E-state index is 0.408. The Kier molecular flexibility index (Phi) is 2.25. The second-order valence-electron chi connectivity index (χ2n) is 3.72. The first-order valence-corrected chi connectivity index (χ1v) is 5.48. The Hall–Kier alpha value is -1.62. The van der Waals surface area contributed by atoms with E-state index in [4.69, 9.17) is 11.6 Å². The first kappa shape index (κ1) is 9.59. The molecule has 5 nitrogen and oxygen atoms in total. The fraction of sp³-hybridized carbons (Fsp3) is 0.300. The van der Waals surface area contributed by atoms with E-state index in [0.717, 1.165) is 18.7 Å². The molecule has 2 aromatic rings. The van der Waals surface area contributed by atoms with Gasteiger partial charge in [0, 0.05) is 12.1 Å². The molecule has 0 unspecified atom stereocenters. The van der Waals surface area contributed by atoms with Crippen molar-refractivity contribution >= 4 is 23.2 Å². The van der Waals surface area contributed by atoms with Crippen molar-refractivity contribution in [1.82, 2.24) is 19.6 Å². The van der Waals surface area contributed by atoms with Crippen LogP contribution in [0.5, 0.6) is 0 Å². The van der Waals surface area contributed by atoms with E-state index in [1.165, 1.54) is 6.33 Å². The molecule has 0 bridgehead atoms. The molecule has 0 spiro atoms. The smallest absolute Gasteiger partial charge is 0.255 e. The van der Waals surface area contributed by atoms with Gasteiger partial charge in [-0.2, -0.15) is 19.6 Å². The van der Waals surface area contributed by atoms with Gasteiger partial charge in [-0.1, -0.05) is 23.8 Å². The zero-order valence-corrected chi connectivity index (χ0v) is 9.22. The summed E-state index contributed by atoms with van der Waals surface area (Å²) in [5.41, 5.74) is 0. The standard InChI is InChI=1S/C10H10ClN5/c11-8-5-9(14-7-3-1-2-4-7)16-10(15-8)12-6-13-16/h1-2,5-7,14H,3-4H2. The van der Waals surface area contributed by atoms with Gasteiger partial charge in [0.05, 0.1) is 0 Å². The molecule has 0 fully saturated rings. The lowest BCUT2D eigenvalue weighted by molar-refractivity contribution is 0.767. The molecule has 2 heterocycles.